The number of nitrogens with zero attached hydrogens (tertiary/aromatic N) is 3. The van der Waals surface area contributed by atoms with Crippen molar-refractivity contribution >= 4 is 63.6 Å². The van der Waals surface area contributed by atoms with Crippen LogP contribution in [-0.4, -0.2) is 31.8 Å². The lowest BCUT2D eigenvalue weighted by Crippen LogP contribution is -2.17. The van der Waals surface area contributed by atoms with E-state index in [0.717, 1.165) is 36.1 Å². The minimum Gasteiger partial charge on any atom is -0.367 e. The van der Waals surface area contributed by atoms with Gasteiger partial charge in [0, 0.05) is 28.4 Å². The van der Waals surface area contributed by atoms with Gasteiger partial charge in [-0.2, -0.15) is 9.61 Å². The second-order valence-corrected chi connectivity index (χ2v) is 8.22. The van der Waals surface area contributed by atoms with E-state index in [2.05, 4.69) is 26.0 Å². The molecule has 1 saturated heterocycles. The summed E-state index contributed by atoms with van der Waals surface area (Å²) < 4.78 is 1.70. The van der Waals surface area contributed by atoms with E-state index in [1.54, 1.807) is 22.9 Å². The van der Waals surface area contributed by atoms with Crippen molar-refractivity contribution in [1.29, 1.82) is 0 Å². The number of hydrogen-bond donors (Lipinski definition) is 3. The van der Waals surface area contributed by atoms with Crippen molar-refractivity contribution in [2.24, 2.45) is 0 Å². The average Bonchev–Trinajstić information content (AvgIpc) is 3.31. The van der Waals surface area contributed by atoms with Gasteiger partial charge in [0.05, 0.1) is 11.1 Å². The van der Waals surface area contributed by atoms with Crippen LogP contribution in [0.3, 0.4) is 0 Å². The van der Waals surface area contributed by atoms with E-state index >= 15 is 0 Å². The Bertz CT molecular complexity index is 1190. The maximum atomic E-state index is 11.9. The van der Waals surface area contributed by atoms with Gasteiger partial charge in [0.1, 0.15) is 11.6 Å². The lowest BCUT2D eigenvalue weighted by atomic mass is 10.3. The highest BCUT2D eigenvalue weighted by Crippen LogP contribution is 2.30. The van der Waals surface area contributed by atoms with Gasteiger partial charge in [-0.25, -0.2) is 4.98 Å². The molecular formula is C19H15ClN6O2S. The van der Waals surface area contributed by atoms with Crippen molar-refractivity contribution in [2.45, 2.75) is 18.9 Å². The van der Waals surface area contributed by atoms with E-state index in [9.17, 15) is 9.59 Å². The standard InChI is InChI=1S/C19H15ClN6O2S/c20-11-2-1-3-13(7-11)22-15-8-16(23-12-4-5-12)26-17(24-15)10(9-21-26)6-14-18(27)25-19(28)29-14/h1-3,6-9,12,23H,4-5H2,(H,22,24)(H,25,27,28). The number of imide groups is 1. The van der Waals surface area contributed by atoms with E-state index in [1.165, 1.54) is 0 Å². The van der Waals surface area contributed by atoms with E-state index in [0.29, 0.717) is 33.0 Å². The minimum atomic E-state index is -0.413. The normalized spacial score (nSPS) is 17.8. The number of benzene rings is 1. The van der Waals surface area contributed by atoms with Crippen LogP contribution >= 0.6 is 23.4 Å². The zero-order valence-corrected chi connectivity index (χ0v) is 16.5. The zero-order chi connectivity index (χ0) is 20.0. The molecule has 1 aliphatic carbocycles. The molecule has 0 atom stereocenters. The number of thioether (sulfide) groups is 1. The first-order chi connectivity index (χ1) is 14.0. The fourth-order valence-corrected chi connectivity index (χ4v) is 3.83. The molecule has 2 aromatic heterocycles. The predicted molar refractivity (Wildman–Crippen MR) is 113 cm³/mol. The van der Waals surface area contributed by atoms with Gasteiger partial charge in [0.2, 0.25) is 0 Å². The number of fused-ring (bicyclic) bond motifs is 1. The highest BCUT2D eigenvalue weighted by Gasteiger charge is 2.26. The number of halogens is 1. The molecule has 5 rings (SSSR count). The molecule has 2 aliphatic rings. The molecule has 1 saturated carbocycles. The average molecular weight is 427 g/mol. The number of rotatable bonds is 5. The molecule has 0 spiro atoms. The first-order valence-electron chi connectivity index (χ1n) is 8.98. The van der Waals surface area contributed by atoms with Gasteiger partial charge in [0.25, 0.3) is 11.1 Å². The molecular weight excluding hydrogens is 412 g/mol. The fraction of sp³-hybridized carbons (Fsp3) is 0.158. The molecule has 0 bridgehead atoms. The summed E-state index contributed by atoms with van der Waals surface area (Å²) in [6, 6.07) is 9.67. The van der Waals surface area contributed by atoms with Gasteiger partial charge in [-0.15, -0.1) is 0 Å². The van der Waals surface area contributed by atoms with Gasteiger partial charge in [-0.1, -0.05) is 17.7 Å². The Morgan fingerprint density at radius 2 is 2.14 bits per heavy atom. The fourth-order valence-electron chi connectivity index (χ4n) is 2.96. The summed E-state index contributed by atoms with van der Waals surface area (Å²) in [5.74, 6) is 0.998. The van der Waals surface area contributed by atoms with E-state index in [4.69, 9.17) is 11.6 Å². The lowest BCUT2D eigenvalue weighted by molar-refractivity contribution is -0.115. The number of aromatic nitrogens is 3. The van der Waals surface area contributed by atoms with Gasteiger partial charge in [0.15, 0.2) is 5.65 Å². The Balaban J connectivity index is 1.57. The highest BCUT2D eigenvalue weighted by molar-refractivity contribution is 8.18. The molecule has 2 fully saturated rings. The number of carbonyl (C=O) groups excluding carboxylic acids is 2. The van der Waals surface area contributed by atoms with Crippen molar-refractivity contribution in [2.75, 3.05) is 10.6 Å². The quantitative estimate of drug-likeness (QED) is 0.529. The zero-order valence-electron chi connectivity index (χ0n) is 15.0. The molecule has 8 nitrogen and oxygen atoms in total. The van der Waals surface area contributed by atoms with Crippen molar-refractivity contribution in [3.8, 4) is 0 Å². The van der Waals surface area contributed by atoms with Crippen LogP contribution in [0.4, 0.5) is 22.1 Å². The van der Waals surface area contributed by atoms with Crippen LogP contribution in [0, 0.1) is 0 Å². The maximum absolute atomic E-state index is 11.9. The van der Waals surface area contributed by atoms with Crippen LogP contribution in [0.5, 0.6) is 0 Å². The molecule has 3 N–H and O–H groups in total. The summed E-state index contributed by atoms with van der Waals surface area (Å²) in [7, 11) is 0. The van der Waals surface area contributed by atoms with Crippen molar-refractivity contribution in [3.63, 3.8) is 0 Å². The summed E-state index contributed by atoms with van der Waals surface area (Å²) in [5.41, 5.74) is 2.02. The third kappa shape index (κ3) is 3.79. The third-order valence-electron chi connectivity index (χ3n) is 4.45. The summed E-state index contributed by atoms with van der Waals surface area (Å²) >= 11 is 6.95. The molecule has 10 heteroatoms. The number of nitrogens with one attached hydrogen (secondary N) is 3. The highest BCUT2D eigenvalue weighted by atomic mass is 35.5. The minimum absolute atomic E-state index is 0.316. The van der Waals surface area contributed by atoms with Crippen molar-refractivity contribution in [1.82, 2.24) is 19.9 Å². The second-order valence-electron chi connectivity index (χ2n) is 6.77. The van der Waals surface area contributed by atoms with Crippen molar-refractivity contribution < 1.29 is 9.59 Å². The van der Waals surface area contributed by atoms with Crippen LogP contribution in [0.25, 0.3) is 11.7 Å². The maximum Gasteiger partial charge on any atom is 0.290 e. The SMILES string of the molecule is O=C1NC(=O)C(=Cc2cnn3c(NC4CC4)cc(Nc4cccc(Cl)c4)nc23)S1. The Morgan fingerprint density at radius 3 is 2.86 bits per heavy atom. The molecule has 146 valence electrons. The molecule has 2 amide bonds. The Hall–Kier alpha value is -3.04. The van der Waals surface area contributed by atoms with E-state index in [1.807, 2.05) is 24.3 Å². The van der Waals surface area contributed by atoms with Gasteiger partial charge < -0.3 is 10.6 Å². The molecule has 0 unspecified atom stereocenters. The van der Waals surface area contributed by atoms with Crippen LogP contribution in [-0.2, 0) is 4.79 Å². The smallest absolute Gasteiger partial charge is 0.290 e. The molecule has 3 aromatic rings. The van der Waals surface area contributed by atoms with Crippen LogP contribution < -0.4 is 16.0 Å². The largest absolute Gasteiger partial charge is 0.367 e. The van der Waals surface area contributed by atoms with Crippen LogP contribution in [0.2, 0.25) is 5.02 Å². The van der Waals surface area contributed by atoms with Crippen LogP contribution in [0.1, 0.15) is 18.4 Å². The van der Waals surface area contributed by atoms with E-state index in [-0.39, 0.29) is 5.24 Å². The number of hydrogen-bond acceptors (Lipinski definition) is 7. The van der Waals surface area contributed by atoms with Crippen LogP contribution in [0.15, 0.2) is 41.4 Å². The molecule has 0 radical (unpaired) electrons. The summed E-state index contributed by atoms with van der Waals surface area (Å²) in [4.78, 5) is 28.3. The number of anilines is 3. The topological polar surface area (TPSA) is 100 Å². The second kappa shape index (κ2) is 7.09. The van der Waals surface area contributed by atoms with Crippen molar-refractivity contribution in [3.05, 3.63) is 52.0 Å². The van der Waals surface area contributed by atoms with Gasteiger partial charge in [-0.3, -0.25) is 14.9 Å². The van der Waals surface area contributed by atoms with Gasteiger partial charge >= 0.3 is 0 Å². The number of carbonyl (C=O) groups is 2. The van der Waals surface area contributed by atoms with E-state index < -0.39 is 5.91 Å². The Morgan fingerprint density at radius 1 is 1.28 bits per heavy atom. The Labute approximate surface area is 174 Å². The van der Waals surface area contributed by atoms with Gasteiger partial charge in [-0.05, 0) is 48.9 Å². The summed E-state index contributed by atoms with van der Waals surface area (Å²) in [6.45, 7) is 0. The molecule has 1 aromatic carbocycles. The first-order valence-corrected chi connectivity index (χ1v) is 10.2. The molecule has 3 heterocycles. The first kappa shape index (κ1) is 18.0. The Kier molecular flexibility index (Phi) is 4.40. The summed E-state index contributed by atoms with van der Waals surface area (Å²) in [5, 5.41) is 13.6. The lowest BCUT2D eigenvalue weighted by Gasteiger charge is -2.11. The number of amides is 2. The predicted octanol–water partition coefficient (Wildman–Crippen LogP) is 4.02. The third-order valence-corrected chi connectivity index (χ3v) is 5.50. The molecule has 1 aliphatic heterocycles. The molecule has 29 heavy (non-hydrogen) atoms. The summed E-state index contributed by atoms with van der Waals surface area (Å²) in [6.07, 6.45) is 5.48. The monoisotopic (exact) mass is 426 g/mol.